The quantitative estimate of drug-likeness (QED) is 0.582. The third-order valence-electron chi connectivity index (χ3n) is 3.95. The number of nitrogens with two attached hydrogens (primary N) is 1. The third-order valence-corrected chi connectivity index (χ3v) is 3.95. The molecule has 1 rings (SSSR count). The van der Waals surface area contributed by atoms with Gasteiger partial charge in [0.1, 0.15) is 5.75 Å². The maximum absolute atomic E-state index is 6.07. The van der Waals surface area contributed by atoms with E-state index in [1.54, 1.807) is 0 Å². The summed E-state index contributed by atoms with van der Waals surface area (Å²) in [5.41, 5.74) is 7.35. The predicted octanol–water partition coefficient (Wildman–Crippen LogP) is 4.38. The van der Waals surface area contributed by atoms with E-state index in [-0.39, 0.29) is 0 Å². The van der Waals surface area contributed by atoms with Crippen LogP contribution in [0.5, 0.6) is 5.75 Å². The fourth-order valence-electron chi connectivity index (χ4n) is 2.85. The lowest BCUT2D eigenvalue weighted by Crippen LogP contribution is -2.35. The van der Waals surface area contributed by atoms with Gasteiger partial charge < -0.3 is 10.5 Å². The van der Waals surface area contributed by atoms with Gasteiger partial charge in [-0.25, -0.2) is 0 Å². The third kappa shape index (κ3) is 6.37. The monoisotopic (exact) mass is 306 g/mol. The maximum Gasteiger partial charge on any atom is 0.119 e. The van der Waals surface area contributed by atoms with Crippen molar-refractivity contribution >= 4 is 0 Å². The summed E-state index contributed by atoms with van der Waals surface area (Å²) in [6.45, 7) is 10.3. The van der Waals surface area contributed by atoms with E-state index < -0.39 is 0 Å². The van der Waals surface area contributed by atoms with Gasteiger partial charge in [-0.15, -0.1) is 0 Å². The molecule has 0 aliphatic rings. The minimum atomic E-state index is 0.291. The Kier molecular flexibility index (Phi) is 9.93. The zero-order valence-corrected chi connectivity index (χ0v) is 14.7. The summed E-state index contributed by atoms with van der Waals surface area (Å²) in [7, 11) is 0. The lowest BCUT2D eigenvalue weighted by Gasteiger charge is -2.31. The van der Waals surface area contributed by atoms with Crippen LogP contribution < -0.4 is 10.5 Å². The fraction of sp³-hybridized carbons (Fsp3) is 0.684. The normalized spacial score (nSPS) is 12.6. The molecule has 3 nitrogen and oxygen atoms in total. The molecule has 0 aromatic heterocycles. The topological polar surface area (TPSA) is 38.5 Å². The van der Waals surface area contributed by atoms with E-state index in [0.717, 1.165) is 44.7 Å². The van der Waals surface area contributed by atoms with Crippen molar-refractivity contribution in [1.82, 2.24) is 4.90 Å². The first-order valence-electron chi connectivity index (χ1n) is 8.93. The first-order valence-corrected chi connectivity index (χ1v) is 8.93. The van der Waals surface area contributed by atoms with Crippen LogP contribution in [0.2, 0.25) is 0 Å². The highest BCUT2D eigenvalue weighted by Gasteiger charge is 2.18. The highest BCUT2D eigenvalue weighted by Crippen LogP contribution is 2.24. The SMILES string of the molecule is CCCCCOc1cccc(C(CN)N(CCC)CCC)c1. The van der Waals surface area contributed by atoms with Crippen molar-refractivity contribution in [3.63, 3.8) is 0 Å². The number of rotatable bonds is 12. The van der Waals surface area contributed by atoms with Crippen LogP contribution in [0.3, 0.4) is 0 Å². The van der Waals surface area contributed by atoms with Gasteiger partial charge in [-0.3, -0.25) is 4.90 Å². The molecule has 126 valence electrons. The lowest BCUT2D eigenvalue weighted by atomic mass is 10.0. The number of hydrogen-bond donors (Lipinski definition) is 1. The molecular weight excluding hydrogens is 272 g/mol. The van der Waals surface area contributed by atoms with E-state index >= 15 is 0 Å². The van der Waals surface area contributed by atoms with Crippen LogP contribution >= 0.6 is 0 Å². The molecule has 2 N–H and O–H groups in total. The van der Waals surface area contributed by atoms with Crippen LogP contribution in [-0.2, 0) is 0 Å². The molecule has 0 radical (unpaired) electrons. The number of hydrogen-bond acceptors (Lipinski definition) is 3. The molecule has 0 saturated carbocycles. The Bertz CT molecular complexity index is 389. The van der Waals surface area contributed by atoms with E-state index in [4.69, 9.17) is 10.5 Å². The van der Waals surface area contributed by atoms with Gasteiger partial charge in [0, 0.05) is 12.6 Å². The lowest BCUT2D eigenvalue weighted by molar-refractivity contribution is 0.201. The Morgan fingerprint density at radius 2 is 1.77 bits per heavy atom. The van der Waals surface area contributed by atoms with Crippen LogP contribution in [0.15, 0.2) is 24.3 Å². The van der Waals surface area contributed by atoms with Crippen LogP contribution in [0, 0.1) is 0 Å². The van der Waals surface area contributed by atoms with Crippen molar-refractivity contribution in [3.8, 4) is 5.75 Å². The average Bonchev–Trinajstić information content (AvgIpc) is 2.53. The Labute approximate surface area is 136 Å². The highest BCUT2D eigenvalue weighted by molar-refractivity contribution is 5.31. The van der Waals surface area contributed by atoms with Gasteiger partial charge >= 0.3 is 0 Å². The second-order valence-corrected chi connectivity index (χ2v) is 5.92. The second kappa shape index (κ2) is 11.5. The number of nitrogens with zero attached hydrogens (tertiary/aromatic N) is 1. The Hall–Kier alpha value is -1.06. The summed E-state index contributed by atoms with van der Waals surface area (Å²) in [4.78, 5) is 2.50. The van der Waals surface area contributed by atoms with E-state index in [1.165, 1.54) is 18.4 Å². The molecule has 1 aromatic rings. The molecule has 22 heavy (non-hydrogen) atoms. The first-order chi connectivity index (χ1) is 10.8. The van der Waals surface area contributed by atoms with Gasteiger partial charge in [0.15, 0.2) is 0 Å². The Balaban J connectivity index is 2.74. The molecule has 0 amide bonds. The first kappa shape index (κ1) is 19.0. The zero-order valence-electron chi connectivity index (χ0n) is 14.7. The molecule has 1 aromatic carbocycles. The van der Waals surface area contributed by atoms with E-state index in [9.17, 15) is 0 Å². The summed E-state index contributed by atoms with van der Waals surface area (Å²) in [5, 5.41) is 0. The summed E-state index contributed by atoms with van der Waals surface area (Å²) in [6.07, 6.45) is 5.89. The average molecular weight is 306 g/mol. The maximum atomic E-state index is 6.07. The van der Waals surface area contributed by atoms with Crippen LogP contribution in [0.1, 0.15) is 64.5 Å². The number of ether oxygens (including phenoxy) is 1. The largest absolute Gasteiger partial charge is 0.494 e. The van der Waals surface area contributed by atoms with Crippen molar-refractivity contribution in [2.75, 3.05) is 26.2 Å². The van der Waals surface area contributed by atoms with Crippen molar-refractivity contribution in [2.24, 2.45) is 5.73 Å². The predicted molar refractivity (Wildman–Crippen MR) is 95.4 cm³/mol. The molecule has 0 bridgehead atoms. The smallest absolute Gasteiger partial charge is 0.119 e. The van der Waals surface area contributed by atoms with Crippen molar-refractivity contribution < 1.29 is 4.74 Å². The minimum Gasteiger partial charge on any atom is -0.494 e. The molecule has 1 atom stereocenters. The number of benzene rings is 1. The van der Waals surface area contributed by atoms with Crippen molar-refractivity contribution in [2.45, 2.75) is 58.9 Å². The Morgan fingerprint density at radius 1 is 1.05 bits per heavy atom. The van der Waals surface area contributed by atoms with Gasteiger partial charge in [0.2, 0.25) is 0 Å². The zero-order chi connectivity index (χ0) is 16.2. The fourth-order valence-corrected chi connectivity index (χ4v) is 2.85. The van der Waals surface area contributed by atoms with Gasteiger partial charge in [-0.05, 0) is 50.0 Å². The van der Waals surface area contributed by atoms with Gasteiger partial charge in [0.05, 0.1) is 6.61 Å². The van der Waals surface area contributed by atoms with E-state index in [2.05, 4.69) is 43.9 Å². The second-order valence-electron chi connectivity index (χ2n) is 5.92. The summed E-state index contributed by atoms with van der Waals surface area (Å²) in [6, 6.07) is 8.77. The highest BCUT2D eigenvalue weighted by atomic mass is 16.5. The standard InChI is InChI=1S/C19H34N2O/c1-4-7-8-14-22-18-11-9-10-17(15-18)19(16-20)21(12-5-2)13-6-3/h9-11,15,19H,4-8,12-14,16,20H2,1-3H3. The summed E-state index contributed by atoms with van der Waals surface area (Å²) in [5.74, 6) is 0.972. The van der Waals surface area contributed by atoms with Crippen molar-refractivity contribution in [3.05, 3.63) is 29.8 Å². The Morgan fingerprint density at radius 3 is 2.36 bits per heavy atom. The molecule has 3 heteroatoms. The van der Waals surface area contributed by atoms with E-state index in [0.29, 0.717) is 12.6 Å². The van der Waals surface area contributed by atoms with Crippen LogP contribution in [-0.4, -0.2) is 31.1 Å². The van der Waals surface area contributed by atoms with Crippen molar-refractivity contribution in [1.29, 1.82) is 0 Å². The van der Waals surface area contributed by atoms with Crippen LogP contribution in [0.25, 0.3) is 0 Å². The molecule has 0 fully saturated rings. The van der Waals surface area contributed by atoms with E-state index in [1.807, 2.05) is 6.07 Å². The molecule has 0 saturated heterocycles. The van der Waals surface area contributed by atoms with Crippen LogP contribution in [0.4, 0.5) is 0 Å². The summed E-state index contributed by atoms with van der Waals surface area (Å²) >= 11 is 0. The van der Waals surface area contributed by atoms with Gasteiger partial charge in [0.25, 0.3) is 0 Å². The molecule has 0 aliphatic heterocycles. The molecule has 0 spiro atoms. The minimum absolute atomic E-state index is 0.291. The summed E-state index contributed by atoms with van der Waals surface area (Å²) < 4.78 is 5.88. The van der Waals surface area contributed by atoms with Gasteiger partial charge in [-0.1, -0.05) is 45.7 Å². The molecule has 0 aliphatic carbocycles. The molecule has 1 unspecified atom stereocenters. The molecule has 0 heterocycles. The molecular formula is C19H34N2O. The van der Waals surface area contributed by atoms with Gasteiger partial charge in [-0.2, -0.15) is 0 Å². The number of unbranched alkanes of at least 4 members (excludes halogenated alkanes) is 2.